The maximum Gasteiger partial charge on any atom is 0.405 e. The van der Waals surface area contributed by atoms with E-state index in [0.717, 1.165) is 13.1 Å². The Morgan fingerprint density at radius 3 is 2.50 bits per heavy atom. The van der Waals surface area contributed by atoms with Gasteiger partial charge in [-0.3, -0.25) is 4.79 Å². The molecule has 14 heavy (non-hydrogen) atoms. The highest BCUT2D eigenvalue weighted by Crippen LogP contribution is 2.00. The van der Waals surface area contributed by atoms with Crippen LogP contribution >= 0.6 is 0 Å². The Kier molecular flexibility index (Phi) is 3.70. The number of nitrogens with two attached hydrogens (primary N) is 1. The SMILES string of the molecule is CC(OC(N)=O)C(=O)N1CCNCC1. The number of nitrogens with one attached hydrogen (secondary N) is 1. The fraction of sp³-hybridized carbons (Fsp3) is 0.750. The summed E-state index contributed by atoms with van der Waals surface area (Å²) in [5.74, 6) is -0.190. The van der Waals surface area contributed by atoms with Gasteiger partial charge in [0.25, 0.3) is 5.91 Å². The highest BCUT2D eigenvalue weighted by molar-refractivity contribution is 5.83. The molecule has 1 aliphatic rings. The third-order valence-corrected chi connectivity index (χ3v) is 2.07. The molecule has 1 rings (SSSR count). The van der Waals surface area contributed by atoms with Gasteiger partial charge in [-0.05, 0) is 6.92 Å². The van der Waals surface area contributed by atoms with Crippen molar-refractivity contribution in [2.24, 2.45) is 5.73 Å². The molecular weight excluding hydrogens is 186 g/mol. The molecule has 1 unspecified atom stereocenters. The fourth-order valence-electron chi connectivity index (χ4n) is 1.37. The molecule has 0 spiro atoms. The van der Waals surface area contributed by atoms with E-state index in [0.29, 0.717) is 13.1 Å². The second-order valence-corrected chi connectivity index (χ2v) is 3.15. The average Bonchev–Trinajstić information content (AvgIpc) is 2.17. The molecule has 1 atom stereocenters. The Bertz CT molecular complexity index is 226. The van der Waals surface area contributed by atoms with Gasteiger partial charge in [0.2, 0.25) is 0 Å². The molecule has 0 radical (unpaired) electrons. The van der Waals surface area contributed by atoms with E-state index in [9.17, 15) is 9.59 Å². The van der Waals surface area contributed by atoms with Crippen molar-refractivity contribution in [2.75, 3.05) is 26.2 Å². The van der Waals surface area contributed by atoms with Crippen LogP contribution in [0.15, 0.2) is 0 Å². The predicted octanol–water partition coefficient (Wildman–Crippen LogP) is -1.10. The molecule has 6 nitrogen and oxygen atoms in total. The topological polar surface area (TPSA) is 84.7 Å². The van der Waals surface area contributed by atoms with E-state index in [-0.39, 0.29) is 5.91 Å². The molecule has 1 fully saturated rings. The summed E-state index contributed by atoms with van der Waals surface area (Å²) in [5, 5.41) is 3.12. The van der Waals surface area contributed by atoms with Gasteiger partial charge in [0.15, 0.2) is 6.10 Å². The summed E-state index contributed by atoms with van der Waals surface area (Å²) >= 11 is 0. The zero-order valence-corrected chi connectivity index (χ0v) is 8.16. The molecular formula is C8H15N3O3. The molecule has 6 heteroatoms. The molecule has 1 heterocycles. The van der Waals surface area contributed by atoms with Crippen LogP contribution in [0.2, 0.25) is 0 Å². The van der Waals surface area contributed by atoms with Gasteiger partial charge in [0.1, 0.15) is 0 Å². The van der Waals surface area contributed by atoms with Crippen molar-refractivity contribution in [3.8, 4) is 0 Å². The standard InChI is InChI=1S/C8H15N3O3/c1-6(14-8(9)13)7(12)11-4-2-10-3-5-11/h6,10H,2-5H2,1H3,(H2,9,13). The van der Waals surface area contributed by atoms with Crippen LogP contribution in [-0.4, -0.2) is 49.2 Å². The molecule has 0 saturated carbocycles. The molecule has 1 aliphatic heterocycles. The lowest BCUT2D eigenvalue weighted by Crippen LogP contribution is -2.50. The largest absolute Gasteiger partial charge is 0.437 e. The van der Waals surface area contributed by atoms with Crippen LogP contribution < -0.4 is 11.1 Å². The predicted molar refractivity (Wildman–Crippen MR) is 49.6 cm³/mol. The first-order chi connectivity index (χ1) is 6.61. The number of amides is 2. The lowest BCUT2D eigenvalue weighted by atomic mass is 10.3. The van der Waals surface area contributed by atoms with E-state index in [1.807, 2.05) is 0 Å². The summed E-state index contributed by atoms with van der Waals surface area (Å²) in [4.78, 5) is 23.7. The number of rotatable bonds is 2. The van der Waals surface area contributed by atoms with Crippen LogP contribution in [0.5, 0.6) is 0 Å². The van der Waals surface area contributed by atoms with Gasteiger partial charge < -0.3 is 20.7 Å². The third kappa shape index (κ3) is 2.88. The van der Waals surface area contributed by atoms with Gasteiger partial charge in [0.05, 0.1) is 0 Å². The van der Waals surface area contributed by atoms with E-state index in [1.165, 1.54) is 6.92 Å². The molecule has 0 aromatic carbocycles. The minimum atomic E-state index is -0.916. The summed E-state index contributed by atoms with van der Waals surface area (Å²) in [6.07, 6.45) is -1.70. The number of piperazine rings is 1. The molecule has 0 aromatic heterocycles. The number of ether oxygens (including phenoxy) is 1. The van der Waals surface area contributed by atoms with Crippen molar-refractivity contribution < 1.29 is 14.3 Å². The Hall–Kier alpha value is -1.30. The minimum absolute atomic E-state index is 0.190. The number of hydrogen-bond acceptors (Lipinski definition) is 4. The quantitative estimate of drug-likeness (QED) is 0.594. The van der Waals surface area contributed by atoms with Gasteiger partial charge in [-0.25, -0.2) is 4.79 Å². The Labute approximate surface area is 82.4 Å². The van der Waals surface area contributed by atoms with Crippen LogP contribution in [0.1, 0.15) is 6.92 Å². The van der Waals surface area contributed by atoms with Crippen molar-refractivity contribution in [1.29, 1.82) is 0 Å². The van der Waals surface area contributed by atoms with E-state index < -0.39 is 12.2 Å². The summed E-state index contributed by atoms with van der Waals surface area (Å²) in [6.45, 7) is 4.36. The van der Waals surface area contributed by atoms with E-state index in [4.69, 9.17) is 5.73 Å². The highest BCUT2D eigenvalue weighted by Gasteiger charge is 2.23. The molecule has 80 valence electrons. The summed E-state index contributed by atoms with van der Waals surface area (Å²) in [6, 6.07) is 0. The van der Waals surface area contributed by atoms with Gasteiger partial charge in [0, 0.05) is 26.2 Å². The van der Waals surface area contributed by atoms with Crippen molar-refractivity contribution in [2.45, 2.75) is 13.0 Å². The number of nitrogens with zero attached hydrogens (tertiary/aromatic N) is 1. The Balaban J connectivity index is 2.42. The number of carbonyl (C=O) groups excluding carboxylic acids is 2. The minimum Gasteiger partial charge on any atom is -0.437 e. The maximum atomic E-state index is 11.6. The second-order valence-electron chi connectivity index (χ2n) is 3.15. The molecule has 1 saturated heterocycles. The van der Waals surface area contributed by atoms with Gasteiger partial charge in [-0.2, -0.15) is 0 Å². The van der Waals surface area contributed by atoms with E-state index >= 15 is 0 Å². The van der Waals surface area contributed by atoms with E-state index in [2.05, 4.69) is 10.1 Å². The van der Waals surface area contributed by atoms with Crippen LogP contribution in [-0.2, 0) is 9.53 Å². The first-order valence-electron chi connectivity index (χ1n) is 4.57. The fourth-order valence-corrected chi connectivity index (χ4v) is 1.37. The van der Waals surface area contributed by atoms with E-state index in [1.54, 1.807) is 4.90 Å². The lowest BCUT2D eigenvalue weighted by Gasteiger charge is -2.29. The molecule has 2 amide bonds. The lowest BCUT2D eigenvalue weighted by molar-refractivity contribution is -0.139. The van der Waals surface area contributed by atoms with Crippen LogP contribution in [0.3, 0.4) is 0 Å². The van der Waals surface area contributed by atoms with Gasteiger partial charge in [-0.1, -0.05) is 0 Å². The van der Waals surface area contributed by atoms with Crippen LogP contribution in [0.4, 0.5) is 4.79 Å². The van der Waals surface area contributed by atoms with Crippen molar-refractivity contribution in [1.82, 2.24) is 10.2 Å². The molecule has 0 aliphatic carbocycles. The Morgan fingerprint density at radius 2 is 2.00 bits per heavy atom. The zero-order valence-electron chi connectivity index (χ0n) is 8.16. The number of hydrogen-bond donors (Lipinski definition) is 2. The number of carbonyl (C=O) groups is 2. The summed E-state index contributed by atoms with van der Waals surface area (Å²) < 4.78 is 4.59. The first-order valence-corrected chi connectivity index (χ1v) is 4.57. The van der Waals surface area contributed by atoms with Gasteiger partial charge >= 0.3 is 6.09 Å². The van der Waals surface area contributed by atoms with Crippen molar-refractivity contribution in [3.63, 3.8) is 0 Å². The highest BCUT2D eigenvalue weighted by atomic mass is 16.6. The molecule has 3 N–H and O–H groups in total. The first kappa shape index (κ1) is 10.8. The third-order valence-electron chi connectivity index (χ3n) is 2.07. The van der Waals surface area contributed by atoms with Crippen LogP contribution in [0.25, 0.3) is 0 Å². The number of primary amides is 1. The zero-order chi connectivity index (χ0) is 10.6. The van der Waals surface area contributed by atoms with Crippen LogP contribution in [0, 0.1) is 0 Å². The molecule has 0 aromatic rings. The summed E-state index contributed by atoms with van der Waals surface area (Å²) in [7, 11) is 0. The normalized spacial score (nSPS) is 18.8. The van der Waals surface area contributed by atoms with Crippen molar-refractivity contribution >= 4 is 12.0 Å². The summed E-state index contributed by atoms with van der Waals surface area (Å²) in [5.41, 5.74) is 4.82. The van der Waals surface area contributed by atoms with Crippen molar-refractivity contribution in [3.05, 3.63) is 0 Å². The smallest absolute Gasteiger partial charge is 0.405 e. The molecule has 0 bridgehead atoms. The maximum absolute atomic E-state index is 11.6. The average molecular weight is 201 g/mol. The Morgan fingerprint density at radius 1 is 1.43 bits per heavy atom. The van der Waals surface area contributed by atoms with Gasteiger partial charge in [-0.15, -0.1) is 0 Å². The second kappa shape index (κ2) is 4.80. The monoisotopic (exact) mass is 201 g/mol.